The van der Waals surface area contributed by atoms with Gasteiger partial charge in [-0.05, 0) is 56.3 Å². The summed E-state index contributed by atoms with van der Waals surface area (Å²) < 4.78 is 1.07. The Hall–Kier alpha value is -0.870. The molecule has 0 atom stereocenters. The van der Waals surface area contributed by atoms with Crippen LogP contribution in [0.1, 0.15) is 56.9 Å². The van der Waals surface area contributed by atoms with Gasteiger partial charge in [-0.2, -0.15) is 0 Å². The summed E-state index contributed by atoms with van der Waals surface area (Å²) >= 11 is 3.52. The van der Waals surface area contributed by atoms with Gasteiger partial charge in [0.05, 0.1) is 5.54 Å². The van der Waals surface area contributed by atoms with Crippen LogP contribution < -0.4 is 11.1 Å². The Morgan fingerprint density at radius 3 is 2.62 bits per heavy atom. The number of rotatable bonds is 8. The molecule has 1 aromatic carbocycles. The van der Waals surface area contributed by atoms with Crippen molar-refractivity contribution in [1.29, 1.82) is 0 Å². The Bertz CT molecular complexity index is 472. The summed E-state index contributed by atoms with van der Waals surface area (Å²) in [5.74, 6) is 0.183. The predicted octanol–water partition coefficient (Wildman–Crippen LogP) is 3.85. The molecule has 1 saturated carbocycles. The van der Waals surface area contributed by atoms with Crippen molar-refractivity contribution in [2.75, 3.05) is 6.54 Å². The number of benzene rings is 1. The van der Waals surface area contributed by atoms with Crippen LogP contribution in [0.4, 0.5) is 0 Å². The van der Waals surface area contributed by atoms with Crippen LogP contribution in [0, 0.1) is 0 Å². The van der Waals surface area contributed by atoms with Gasteiger partial charge in [0.1, 0.15) is 0 Å². The summed E-state index contributed by atoms with van der Waals surface area (Å²) in [7, 11) is 0. The highest BCUT2D eigenvalue weighted by Crippen LogP contribution is 2.42. The quantitative estimate of drug-likeness (QED) is 0.698. The molecule has 0 aromatic heterocycles. The molecule has 21 heavy (non-hydrogen) atoms. The van der Waals surface area contributed by atoms with Crippen molar-refractivity contribution in [3.05, 3.63) is 34.3 Å². The maximum atomic E-state index is 12.2. The van der Waals surface area contributed by atoms with Crippen molar-refractivity contribution in [3.8, 4) is 0 Å². The van der Waals surface area contributed by atoms with E-state index in [1.54, 1.807) is 0 Å². The number of nitrogens with one attached hydrogen (secondary N) is 1. The van der Waals surface area contributed by atoms with Crippen molar-refractivity contribution < 1.29 is 4.79 Å². The summed E-state index contributed by atoms with van der Waals surface area (Å²) in [6.45, 7) is 0.748. The van der Waals surface area contributed by atoms with Crippen molar-refractivity contribution >= 4 is 21.8 Å². The number of carbonyl (C=O) groups excluding carboxylic acids is 1. The minimum absolute atomic E-state index is 0.127. The average Bonchev–Trinajstić information content (AvgIpc) is 2.42. The summed E-state index contributed by atoms with van der Waals surface area (Å²) in [4.78, 5) is 12.2. The van der Waals surface area contributed by atoms with Gasteiger partial charge in [-0.1, -0.05) is 40.9 Å². The van der Waals surface area contributed by atoms with Crippen molar-refractivity contribution in [3.63, 3.8) is 0 Å². The van der Waals surface area contributed by atoms with Crippen LogP contribution in [0.25, 0.3) is 0 Å². The number of unbranched alkanes of at least 4 members (excludes halogenated alkanes) is 3. The van der Waals surface area contributed by atoms with E-state index in [1.165, 1.54) is 12.0 Å². The van der Waals surface area contributed by atoms with Crippen LogP contribution in [0.3, 0.4) is 0 Å². The molecule has 0 spiro atoms. The monoisotopic (exact) mass is 352 g/mol. The fourth-order valence-electron chi connectivity index (χ4n) is 2.92. The summed E-state index contributed by atoms with van der Waals surface area (Å²) in [5.41, 5.74) is 6.57. The molecule has 3 N–H and O–H groups in total. The Balaban J connectivity index is 1.86. The minimum atomic E-state index is -0.127. The lowest BCUT2D eigenvalue weighted by molar-refractivity contribution is -0.124. The second kappa shape index (κ2) is 7.95. The molecule has 0 saturated heterocycles. The van der Waals surface area contributed by atoms with Gasteiger partial charge >= 0.3 is 0 Å². The molecule has 1 aromatic rings. The lowest BCUT2D eigenvalue weighted by atomic mass is 9.71. The molecule has 3 nitrogen and oxygen atoms in total. The molecule has 1 amide bonds. The van der Waals surface area contributed by atoms with E-state index in [0.717, 1.165) is 49.5 Å². The Kier molecular flexibility index (Phi) is 6.24. The third kappa shape index (κ3) is 4.55. The normalized spacial score (nSPS) is 16.3. The van der Waals surface area contributed by atoms with Crippen molar-refractivity contribution in [1.82, 2.24) is 5.32 Å². The smallest absolute Gasteiger partial charge is 0.220 e. The average molecular weight is 353 g/mol. The van der Waals surface area contributed by atoms with Crippen LogP contribution >= 0.6 is 15.9 Å². The Labute approximate surface area is 135 Å². The SMILES string of the molecule is NCCCCCCC(=O)NC1(c2cccc(Br)c2)CCC1. The second-order valence-electron chi connectivity index (χ2n) is 5.95. The third-order valence-corrected chi connectivity index (χ3v) is 4.81. The zero-order valence-corrected chi connectivity index (χ0v) is 14.1. The summed E-state index contributed by atoms with van der Waals surface area (Å²) in [6.07, 6.45) is 8.13. The lowest BCUT2D eigenvalue weighted by Crippen LogP contribution is -2.50. The number of nitrogens with two attached hydrogens (primary N) is 1. The second-order valence-corrected chi connectivity index (χ2v) is 6.86. The van der Waals surface area contributed by atoms with Crippen molar-refractivity contribution in [2.45, 2.75) is 56.9 Å². The summed E-state index contributed by atoms with van der Waals surface area (Å²) in [6, 6.07) is 8.31. The molecule has 0 unspecified atom stereocenters. The standard InChI is InChI=1S/C17H25BrN2O/c18-15-8-5-7-14(13-15)17(10-6-11-17)20-16(21)9-3-1-2-4-12-19/h5,7-8,13H,1-4,6,9-12,19H2,(H,20,21). The zero-order valence-electron chi connectivity index (χ0n) is 12.5. The Morgan fingerprint density at radius 2 is 2.00 bits per heavy atom. The molecule has 4 heteroatoms. The number of halogens is 1. The number of hydrogen-bond acceptors (Lipinski definition) is 2. The number of hydrogen-bond donors (Lipinski definition) is 2. The van der Waals surface area contributed by atoms with Gasteiger partial charge < -0.3 is 11.1 Å². The number of amides is 1. The van der Waals surface area contributed by atoms with Crippen LogP contribution in [0.15, 0.2) is 28.7 Å². The van der Waals surface area contributed by atoms with E-state index in [2.05, 4.69) is 33.4 Å². The maximum absolute atomic E-state index is 12.2. The van der Waals surface area contributed by atoms with E-state index in [-0.39, 0.29) is 11.4 Å². The molecule has 1 aliphatic rings. The first kappa shape index (κ1) is 16.5. The molecular formula is C17H25BrN2O. The van der Waals surface area contributed by atoms with Crippen LogP contribution in [-0.2, 0) is 10.3 Å². The highest BCUT2D eigenvalue weighted by atomic mass is 79.9. The van der Waals surface area contributed by atoms with E-state index in [4.69, 9.17) is 5.73 Å². The topological polar surface area (TPSA) is 55.1 Å². The summed E-state index contributed by atoms with van der Waals surface area (Å²) in [5, 5.41) is 3.28. The van der Waals surface area contributed by atoms with E-state index in [0.29, 0.717) is 6.42 Å². The molecule has 0 radical (unpaired) electrons. The van der Waals surface area contributed by atoms with Gasteiger partial charge in [-0.15, -0.1) is 0 Å². The van der Waals surface area contributed by atoms with E-state index in [1.807, 2.05) is 12.1 Å². The molecule has 0 bridgehead atoms. The first-order valence-corrected chi connectivity index (χ1v) is 8.73. The van der Waals surface area contributed by atoms with Gasteiger partial charge in [-0.3, -0.25) is 4.79 Å². The van der Waals surface area contributed by atoms with Gasteiger partial charge in [0.25, 0.3) is 0 Å². The fourth-order valence-corrected chi connectivity index (χ4v) is 3.31. The fraction of sp³-hybridized carbons (Fsp3) is 0.588. The third-order valence-electron chi connectivity index (χ3n) is 4.32. The van der Waals surface area contributed by atoms with Crippen LogP contribution in [0.5, 0.6) is 0 Å². The van der Waals surface area contributed by atoms with E-state index < -0.39 is 0 Å². The molecule has 0 aliphatic heterocycles. The van der Waals surface area contributed by atoms with Gasteiger partial charge in [-0.25, -0.2) is 0 Å². The highest BCUT2D eigenvalue weighted by molar-refractivity contribution is 9.10. The van der Waals surface area contributed by atoms with Gasteiger partial charge in [0.15, 0.2) is 0 Å². The van der Waals surface area contributed by atoms with Gasteiger partial charge in [0, 0.05) is 10.9 Å². The largest absolute Gasteiger partial charge is 0.347 e. The van der Waals surface area contributed by atoms with E-state index >= 15 is 0 Å². The van der Waals surface area contributed by atoms with E-state index in [9.17, 15) is 4.79 Å². The van der Waals surface area contributed by atoms with Crippen molar-refractivity contribution in [2.24, 2.45) is 5.73 Å². The van der Waals surface area contributed by atoms with Gasteiger partial charge in [0.2, 0.25) is 5.91 Å². The molecule has 0 heterocycles. The first-order valence-electron chi connectivity index (χ1n) is 7.93. The maximum Gasteiger partial charge on any atom is 0.220 e. The zero-order chi connectivity index (χ0) is 15.1. The number of carbonyl (C=O) groups is 1. The molecular weight excluding hydrogens is 328 g/mol. The first-order chi connectivity index (χ1) is 10.2. The van der Waals surface area contributed by atoms with Crippen LogP contribution in [-0.4, -0.2) is 12.5 Å². The lowest BCUT2D eigenvalue weighted by Gasteiger charge is -2.43. The molecule has 116 valence electrons. The molecule has 2 rings (SSSR count). The molecule has 1 fully saturated rings. The highest BCUT2D eigenvalue weighted by Gasteiger charge is 2.39. The molecule has 1 aliphatic carbocycles. The minimum Gasteiger partial charge on any atom is -0.347 e. The predicted molar refractivity (Wildman–Crippen MR) is 90.0 cm³/mol. The van der Waals surface area contributed by atoms with Crippen LogP contribution in [0.2, 0.25) is 0 Å². The Morgan fingerprint density at radius 1 is 1.24 bits per heavy atom.